The summed E-state index contributed by atoms with van der Waals surface area (Å²) in [6.45, 7) is 0.799. The molecule has 1 aromatic carbocycles. The SMILES string of the molecule is NCC1CCSCC1c1ccc(Cl)cc1. The fourth-order valence-corrected chi connectivity index (χ4v) is 3.62. The molecule has 0 saturated carbocycles. The zero-order valence-electron chi connectivity index (χ0n) is 8.66. The molecule has 0 aliphatic carbocycles. The fourth-order valence-electron chi connectivity index (χ4n) is 2.14. The van der Waals surface area contributed by atoms with E-state index in [1.807, 2.05) is 23.9 Å². The standard InChI is InChI=1S/C12H16ClNS/c13-11-3-1-9(2-4-11)12-8-15-6-5-10(12)7-14/h1-4,10,12H,5-8,14H2. The van der Waals surface area contributed by atoms with Gasteiger partial charge in [0.2, 0.25) is 0 Å². The molecule has 0 aromatic heterocycles. The van der Waals surface area contributed by atoms with Crippen molar-refractivity contribution in [1.82, 2.24) is 0 Å². The molecule has 1 aromatic rings. The molecule has 0 bridgehead atoms. The molecule has 1 aliphatic heterocycles. The van der Waals surface area contributed by atoms with Crippen molar-refractivity contribution in [3.63, 3.8) is 0 Å². The van der Waals surface area contributed by atoms with Gasteiger partial charge < -0.3 is 5.73 Å². The maximum absolute atomic E-state index is 5.89. The van der Waals surface area contributed by atoms with Gasteiger partial charge in [-0.05, 0) is 48.3 Å². The average molecular weight is 242 g/mol. The summed E-state index contributed by atoms with van der Waals surface area (Å²) in [6.07, 6.45) is 1.24. The summed E-state index contributed by atoms with van der Waals surface area (Å²) in [5.41, 5.74) is 7.22. The maximum atomic E-state index is 5.89. The number of thioether (sulfide) groups is 1. The van der Waals surface area contributed by atoms with Crippen LogP contribution in [0.4, 0.5) is 0 Å². The van der Waals surface area contributed by atoms with Crippen LogP contribution < -0.4 is 5.73 Å². The largest absolute Gasteiger partial charge is 0.330 e. The molecule has 2 atom stereocenters. The van der Waals surface area contributed by atoms with Crippen molar-refractivity contribution in [2.75, 3.05) is 18.1 Å². The minimum atomic E-state index is 0.617. The Morgan fingerprint density at radius 1 is 1.33 bits per heavy atom. The second kappa shape index (κ2) is 5.24. The quantitative estimate of drug-likeness (QED) is 0.861. The van der Waals surface area contributed by atoms with Crippen LogP contribution in [0.5, 0.6) is 0 Å². The highest BCUT2D eigenvalue weighted by Gasteiger charge is 2.25. The first-order chi connectivity index (χ1) is 7.31. The van der Waals surface area contributed by atoms with Gasteiger partial charge in [0, 0.05) is 10.8 Å². The summed E-state index contributed by atoms with van der Waals surface area (Å²) in [5, 5.41) is 0.812. The van der Waals surface area contributed by atoms with Gasteiger partial charge >= 0.3 is 0 Å². The molecule has 2 unspecified atom stereocenters. The van der Waals surface area contributed by atoms with Gasteiger partial charge in [-0.1, -0.05) is 23.7 Å². The lowest BCUT2D eigenvalue weighted by Crippen LogP contribution is -2.27. The molecule has 3 heteroatoms. The van der Waals surface area contributed by atoms with E-state index in [2.05, 4.69) is 12.1 Å². The summed E-state index contributed by atoms with van der Waals surface area (Å²) in [4.78, 5) is 0. The minimum absolute atomic E-state index is 0.617. The molecular weight excluding hydrogens is 226 g/mol. The minimum Gasteiger partial charge on any atom is -0.330 e. The number of hydrogen-bond acceptors (Lipinski definition) is 2. The van der Waals surface area contributed by atoms with Crippen LogP contribution in [0.15, 0.2) is 24.3 Å². The van der Waals surface area contributed by atoms with Gasteiger partial charge in [0.1, 0.15) is 0 Å². The van der Waals surface area contributed by atoms with Gasteiger partial charge in [-0.15, -0.1) is 0 Å². The van der Waals surface area contributed by atoms with Crippen molar-refractivity contribution in [3.05, 3.63) is 34.9 Å². The van der Waals surface area contributed by atoms with E-state index < -0.39 is 0 Å². The Morgan fingerprint density at radius 3 is 2.73 bits per heavy atom. The number of halogens is 1. The van der Waals surface area contributed by atoms with Gasteiger partial charge in [-0.25, -0.2) is 0 Å². The van der Waals surface area contributed by atoms with Crippen LogP contribution in [0.25, 0.3) is 0 Å². The summed E-state index contributed by atoms with van der Waals surface area (Å²) >= 11 is 7.92. The van der Waals surface area contributed by atoms with Crippen LogP contribution in [0.1, 0.15) is 17.9 Å². The zero-order valence-corrected chi connectivity index (χ0v) is 10.2. The van der Waals surface area contributed by atoms with Crippen LogP contribution >= 0.6 is 23.4 Å². The molecule has 1 fully saturated rings. The van der Waals surface area contributed by atoms with E-state index in [0.717, 1.165) is 11.6 Å². The Kier molecular flexibility index (Phi) is 3.95. The van der Waals surface area contributed by atoms with E-state index in [4.69, 9.17) is 17.3 Å². The van der Waals surface area contributed by atoms with Crippen LogP contribution in [-0.2, 0) is 0 Å². The second-order valence-electron chi connectivity index (χ2n) is 4.02. The third-order valence-electron chi connectivity index (χ3n) is 3.10. The van der Waals surface area contributed by atoms with Crippen molar-refractivity contribution in [1.29, 1.82) is 0 Å². The van der Waals surface area contributed by atoms with Gasteiger partial charge in [-0.3, -0.25) is 0 Å². The molecule has 0 radical (unpaired) electrons. The lowest BCUT2D eigenvalue weighted by Gasteiger charge is -2.30. The Morgan fingerprint density at radius 2 is 2.07 bits per heavy atom. The highest BCUT2D eigenvalue weighted by molar-refractivity contribution is 7.99. The molecular formula is C12H16ClNS. The number of benzene rings is 1. The lowest BCUT2D eigenvalue weighted by atomic mass is 9.85. The third kappa shape index (κ3) is 2.68. The van der Waals surface area contributed by atoms with E-state index in [1.54, 1.807) is 0 Å². The normalized spacial score (nSPS) is 26.5. The van der Waals surface area contributed by atoms with Gasteiger partial charge in [0.25, 0.3) is 0 Å². The Bertz CT molecular complexity index is 312. The van der Waals surface area contributed by atoms with Crippen molar-refractivity contribution in [2.24, 2.45) is 11.7 Å². The molecule has 0 spiro atoms. The van der Waals surface area contributed by atoms with E-state index in [1.165, 1.54) is 23.5 Å². The van der Waals surface area contributed by atoms with Crippen LogP contribution in [0.3, 0.4) is 0 Å². The topological polar surface area (TPSA) is 26.0 Å². The van der Waals surface area contributed by atoms with Crippen LogP contribution in [0.2, 0.25) is 5.02 Å². The Hall–Kier alpha value is -0.180. The first-order valence-electron chi connectivity index (χ1n) is 5.34. The predicted molar refractivity (Wildman–Crippen MR) is 68.7 cm³/mol. The maximum Gasteiger partial charge on any atom is 0.0406 e. The van der Waals surface area contributed by atoms with E-state index in [-0.39, 0.29) is 0 Å². The first-order valence-corrected chi connectivity index (χ1v) is 6.88. The molecule has 1 aliphatic rings. The third-order valence-corrected chi connectivity index (χ3v) is 4.47. The Labute approximate surface area is 100 Å². The lowest BCUT2D eigenvalue weighted by molar-refractivity contribution is 0.440. The van der Waals surface area contributed by atoms with E-state index in [0.29, 0.717) is 11.8 Å². The van der Waals surface area contributed by atoms with Crippen LogP contribution in [-0.4, -0.2) is 18.1 Å². The number of hydrogen-bond donors (Lipinski definition) is 1. The summed E-state index contributed by atoms with van der Waals surface area (Å²) in [6, 6.07) is 8.23. The monoisotopic (exact) mass is 241 g/mol. The highest BCUT2D eigenvalue weighted by Crippen LogP contribution is 2.35. The molecule has 1 nitrogen and oxygen atoms in total. The molecule has 1 saturated heterocycles. The molecule has 0 amide bonds. The zero-order chi connectivity index (χ0) is 10.7. The molecule has 82 valence electrons. The van der Waals surface area contributed by atoms with Crippen molar-refractivity contribution in [3.8, 4) is 0 Å². The number of rotatable bonds is 2. The molecule has 1 heterocycles. The van der Waals surface area contributed by atoms with Gasteiger partial charge in [0.15, 0.2) is 0 Å². The van der Waals surface area contributed by atoms with Gasteiger partial charge in [0.05, 0.1) is 0 Å². The first kappa shape index (κ1) is 11.3. The molecule has 2 N–H and O–H groups in total. The van der Waals surface area contributed by atoms with Crippen molar-refractivity contribution in [2.45, 2.75) is 12.3 Å². The average Bonchev–Trinajstić information content (AvgIpc) is 2.30. The summed E-state index contributed by atoms with van der Waals surface area (Å²) in [7, 11) is 0. The fraction of sp³-hybridized carbons (Fsp3) is 0.500. The van der Waals surface area contributed by atoms with Crippen molar-refractivity contribution < 1.29 is 0 Å². The van der Waals surface area contributed by atoms with E-state index in [9.17, 15) is 0 Å². The Balaban J connectivity index is 2.16. The summed E-state index contributed by atoms with van der Waals surface area (Å²) < 4.78 is 0. The van der Waals surface area contributed by atoms with Gasteiger partial charge in [-0.2, -0.15) is 11.8 Å². The highest BCUT2D eigenvalue weighted by atomic mass is 35.5. The predicted octanol–water partition coefficient (Wildman–Crippen LogP) is 3.14. The second-order valence-corrected chi connectivity index (χ2v) is 5.60. The van der Waals surface area contributed by atoms with E-state index >= 15 is 0 Å². The smallest absolute Gasteiger partial charge is 0.0406 e. The summed E-state index contributed by atoms with van der Waals surface area (Å²) in [5.74, 6) is 3.72. The molecule has 2 rings (SSSR count). The molecule has 15 heavy (non-hydrogen) atoms. The number of nitrogens with two attached hydrogens (primary N) is 1. The van der Waals surface area contributed by atoms with Crippen LogP contribution in [0, 0.1) is 5.92 Å². The van der Waals surface area contributed by atoms with Crippen molar-refractivity contribution >= 4 is 23.4 Å².